The molecule has 1 fully saturated rings. The van der Waals surface area contributed by atoms with Crippen molar-refractivity contribution in [2.45, 2.75) is 58.2 Å². The van der Waals surface area contributed by atoms with Gasteiger partial charge < -0.3 is 10.5 Å². The second kappa shape index (κ2) is 5.48. The van der Waals surface area contributed by atoms with Gasteiger partial charge >= 0.3 is 0 Å². The minimum atomic E-state index is -0.0182. The number of hydrogen-bond donors (Lipinski definition) is 1. The Kier molecular flexibility index (Phi) is 4.77. The van der Waals surface area contributed by atoms with Gasteiger partial charge in [0.05, 0.1) is 11.2 Å². The van der Waals surface area contributed by atoms with Crippen molar-refractivity contribution in [3.8, 4) is 0 Å². The van der Waals surface area contributed by atoms with E-state index in [1.54, 1.807) is 0 Å². The fourth-order valence-corrected chi connectivity index (χ4v) is 2.76. The van der Waals surface area contributed by atoms with E-state index in [9.17, 15) is 0 Å². The third-order valence-corrected chi connectivity index (χ3v) is 2.94. The first-order valence-electron chi connectivity index (χ1n) is 6.47. The van der Waals surface area contributed by atoms with Crippen molar-refractivity contribution in [2.24, 2.45) is 5.73 Å². The topological polar surface area (TPSA) is 38.5 Å². The van der Waals surface area contributed by atoms with E-state index < -0.39 is 0 Å². The third kappa shape index (κ3) is 4.81. The molecule has 1 heterocycles. The fraction of sp³-hybridized carbons (Fsp3) is 1.00. The first-order chi connectivity index (χ1) is 7.35. The molecule has 0 spiro atoms. The molecule has 0 saturated carbocycles. The molecule has 3 heteroatoms. The van der Waals surface area contributed by atoms with Crippen LogP contribution in [0.3, 0.4) is 0 Å². The molecule has 1 rings (SSSR count). The normalized spacial score (nSPS) is 24.6. The summed E-state index contributed by atoms with van der Waals surface area (Å²) in [7, 11) is 0. The van der Waals surface area contributed by atoms with Crippen LogP contribution in [0.2, 0.25) is 0 Å². The van der Waals surface area contributed by atoms with Crippen LogP contribution < -0.4 is 5.73 Å². The van der Waals surface area contributed by atoms with Crippen molar-refractivity contribution in [3.63, 3.8) is 0 Å². The monoisotopic (exact) mass is 228 g/mol. The Hall–Kier alpha value is -0.120. The maximum atomic E-state index is 6.06. The predicted molar refractivity (Wildman–Crippen MR) is 68.6 cm³/mol. The summed E-state index contributed by atoms with van der Waals surface area (Å²) in [4.78, 5) is 2.53. The lowest BCUT2D eigenvalue weighted by Gasteiger charge is -2.47. The molecule has 0 atom stereocenters. The van der Waals surface area contributed by atoms with Gasteiger partial charge in [0.15, 0.2) is 0 Å². The molecule has 1 aliphatic heterocycles. The Morgan fingerprint density at radius 3 is 2.06 bits per heavy atom. The minimum Gasteiger partial charge on any atom is -0.367 e. The van der Waals surface area contributed by atoms with Crippen molar-refractivity contribution >= 4 is 0 Å². The van der Waals surface area contributed by atoms with Crippen molar-refractivity contribution in [3.05, 3.63) is 0 Å². The molecule has 1 saturated heterocycles. The summed E-state index contributed by atoms with van der Waals surface area (Å²) >= 11 is 0. The van der Waals surface area contributed by atoms with E-state index in [-0.39, 0.29) is 11.2 Å². The quantitative estimate of drug-likeness (QED) is 0.732. The van der Waals surface area contributed by atoms with Crippen molar-refractivity contribution < 1.29 is 4.74 Å². The molecule has 0 bridgehead atoms. The highest BCUT2D eigenvalue weighted by Crippen LogP contribution is 2.28. The molecular weight excluding hydrogens is 200 g/mol. The van der Waals surface area contributed by atoms with Gasteiger partial charge in [-0.05, 0) is 53.6 Å². The summed E-state index contributed by atoms with van der Waals surface area (Å²) in [5, 5.41) is 0. The number of hydrogen-bond acceptors (Lipinski definition) is 3. The van der Waals surface area contributed by atoms with E-state index >= 15 is 0 Å². The Balaban J connectivity index is 2.36. The highest BCUT2D eigenvalue weighted by molar-refractivity contribution is 4.88. The molecule has 0 aromatic heterocycles. The molecule has 16 heavy (non-hydrogen) atoms. The molecular formula is C13H28N2O. The van der Waals surface area contributed by atoms with Crippen LogP contribution in [0.4, 0.5) is 0 Å². The lowest BCUT2D eigenvalue weighted by molar-refractivity contribution is -0.180. The van der Waals surface area contributed by atoms with Crippen molar-refractivity contribution in [1.29, 1.82) is 0 Å². The smallest absolute Gasteiger partial charge is 0.0760 e. The van der Waals surface area contributed by atoms with Crippen LogP contribution in [0.15, 0.2) is 0 Å². The number of ether oxygens (including phenoxy) is 1. The average molecular weight is 228 g/mol. The Morgan fingerprint density at radius 2 is 1.56 bits per heavy atom. The Bertz CT molecular complexity index is 198. The number of unbranched alkanes of at least 4 members (excludes halogenated alkanes) is 2. The van der Waals surface area contributed by atoms with Crippen LogP contribution in [0, 0.1) is 0 Å². The van der Waals surface area contributed by atoms with Crippen molar-refractivity contribution in [1.82, 2.24) is 4.90 Å². The molecule has 2 N–H and O–H groups in total. The molecule has 0 radical (unpaired) electrons. The van der Waals surface area contributed by atoms with Gasteiger partial charge in [-0.1, -0.05) is 6.42 Å². The minimum absolute atomic E-state index is 0.0182. The summed E-state index contributed by atoms with van der Waals surface area (Å²) in [6.07, 6.45) is 3.65. The van der Waals surface area contributed by atoms with Crippen LogP contribution in [0.5, 0.6) is 0 Å². The van der Waals surface area contributed by atoms with Crippen LogP contribution in [0.1, 0.15) is 47.0 Å². The van der Waals surface area contributed by atoms with Crippen LogP contribution in [0.25, 0.3) is 0 Å². The largest absolute Gasteiger partial charge is 0.367 e. The number of nitrogens with zero attached hydrogens (tertiary/aromatic N) is 1. The highest BCUT2D eigenvalue weighted by Gasteiger charge is 2.37. The summed E-state index contributed by atoms with van der Waals surface area (Å²) < 4.78 is 6.06. The molecule has 3 nitrogen and oxygen atoms in total. The first-order valence-corrected chi connectivity index (χ1v) is 6.47. The summed E-state index contributed by atoms with van der Waals surface area (Å²) in [6.45, 7) is 12.8. The molecule has 0 unspecified atom stereocenters. The van der Waals surface area contributed by atoms with Gasteiger partial charge in [-0.15, -0.1) is 0 Å². The van der Waals surface area contributed by atoms with E-state index in [4.69, 9.17) is 10.5 Å². The first kappa shape index (κ1) is 13.9. The molecule has 0 aliphatic carbocycles. The standard InChI is InChI=1S/C13H28N2O/c1-12(2)10-15(9-7-5-6-8-14)11-13(3,4)16-12/h5-11,14H2,1-4H3. The Morgan fingerprint density at radius 1 is 1.00 bits per heavy atom. The van der Waals surface area contributed by atoms with E-state index in [1.807, 2.05) is 0 Å². The third-order valence-electron chi connectivity index (χ3n) is 2.94. The second-order valence-electron chi connectivity index (χ2n) is 6.18. The van der Waals surface area contributed by atoms with Crippen LogP contribution >= 0.6 is 0 Å². The zero-order valence-electron chi connectivity index (χ0n) is 11.4. The van der Waals surface area contributed by atoms with E-state index in [2.05, 4.69) is 32.6 Å². The Labute approximate surface area is 100 Å². The van der Waals surface area contributed by atoms with Gasteiger partial charge in [-0.2, -0.15) is 0 Å². The molecule has 0 amide bonds. The number of morpholine rings is 1. The fourth-order valence-electron chi connectivity index (χ4n) is 2.76. The summed E-state index contributed by atoms with van der Waals surface area (Å²) in [6, 6.07) is 0. The highest BCUT2D eigenvalue weighted by atomic mass is 16.5. The zero-order chi connectivity index (χ0) is 12.2. The van der Waals surface area contributed by atoms with Gasteiger partial charge in [-0.25, -0.2) is 0 Å². The molecule has 1 aliphatic rings. The van der Waals surface area contributed by atoms with E-state index in [1.165, 1.54) is 19.4 Å². The summed E-state index contributed by atoms with van der Waals surface area (Å²) in [5.41, 5.74) is 5.46. The van der Waals surface area contributed by atoms with Gasteiger partial charge in [-0.3, -0.25) is 4.90 Å². The SMILES string of the molecule is CC1(C)CN(CCCCCN)CC(C)(C)O1. The maximum absolute atomic E-state index is 6.06. The second-order valence-corrected chi connectivity index (χ2v) is 6.18. The van der Waals surface area contributed by atoms with Crippen LogP contribution in [-0.2, 0) is 4.74 Å². The van der Waals surface area contributed by atoms with E-state index in [0.29, 0.717) is 0 Å². The van der Waals surface area contributed by atoms with Gasteiger partial charge in [0, 0.05) is 13.1 Å². The maximum Gasteiger partial charge on any atom is 0.0760 e. The number of nitrogens with two attached hydrogens (primary N) is 1. The van der Waals surface area contributed by atoms with Gasteiger partial charge in [0.1, 0.15) is 0 Å². The molecule has 0 aromatic rings. The van der Waals surface area contributed by atoms with Crippen molar-refractivity contribution in [2.75, 3.05) is 26.2 Å². The van der Waals surface area contributed by atoms with E-state index in [0.717, 1.165) is 26.1 Å². The molecule has 0 aromatic carbocycles. The lowest BCUT2D eigenvalue weighted by atomic mass is 9.98. The molecule has 96 valence electrons. The van der Waals surface area contributed by atoms with Crippen LogP contribution in [-0.4, -0.2) is 42.3 Å². The zero-order valence-corrected chi connectivity index (χ0v) is 11.4. The number of rotatable bonds is 5. The van der Waals surface area contributed by atoms with Gasteiger partial charge in [0.2, 0.25) is 0 Å². The predicted octanol–water partition coefficient (Wildman–Crippen LogP) is 2.00. The lowest BCUT2D eigenvalue weighted by Crippen LogP contribution is -2.57. The average Bonchev–Trinajstić information content (AvgIpc) is 2.07. The van der Waals surface area contributed by atoms with Gasteiger partial charge in [0.25, 0.3) is 0 Å². The summed E-state index contributed by atoms with van der Waals surface area (Å²) in [5.74, 6) is 0.